The fraction of sp³-hybridized carbons (Fsp3) is 0.250. The standard InChI is InChI=1S/C24H23ClN4O2/c1-28-11-13-29(14-12-28)22-10-9-21(25)19-8-7-18(15-20(19)22)30-16-23-26-24(27-31-23)17-5-3-2-4-6-17/h2-10,15H,11-14,16H2,1H3. The minimum Gasteiger partial charge on any atom is -0.484 e. The molecule has 7 heteroatoms. The lowest BCUT2D eigenvalue weighted by Crippen LogP contribution is -2.44. The molecule has 158 valence electrons. The van der Waals surface area contributed by atoms with Crippen molar-refractivity contribution in [1.82, 2.24) is 15.0 Å². The highest BCUT2D eigenvalue weighted by Gasteiger charge is 2.18. The number of nitrogens with zero attached hydrogens (tertiary/aromatic N) is 4. The van der Waals surface area contributed by atoms with Crippen molar-refractivity contribution in [2.45, 2.75) is 6.61 Å². The van der Waals surface area contributed by atoms with Crippen molar-refractivity contribution in [3.05, 3.63) is 71.6 Å². The van der Waals surface area contributed by atoms with Gasteiger partial charge < -0.3 is 19.1 Å². The maximum absolute atomic E-state index is 6.48. The number of likely N-dealkylation sites (N-methyl/N-ethyl adjacent to an activating group) is 1. The Hall–Kier alpha value is -3.09. The third kappa shape index (κ3) is 4.22. The average Bonchev–Trinajstić information content (AvgIpc) is 3.28. The van der Waals surface area contributed by atoms with Gasteiger partial charge in [-0.3, -0.25) is 0 Å². The van der Waals surface area contributed by atoms with Gasteiger partial charge in [0.25, 0.3) is 5.89 Å². The van der Waals surface area contributed by atoms with Crippen molar-refractivity contribution in [3.63, 3.8) is 0 Å². The first-order chi connectivity index (χ1) is 15.2. The molecule has 1 aliphatic rings. The third-order valence-electron chi connectivity index (χ3n) is 5.62. The van der Waals surface area contributed by atoms with Gasteiger partial charge in [0.05, 0.1) is 0 Å². The van der Waals surface area contributed by atoms with Crippen LogP contribution < -0.4 is 9.64 Å². The molecule has 0 atom stereocenters. The second-order valence-corrected chi connectivity index (χ2v) is 8.14. The zero-order valence-electron chi connectivity index (χ0n) is 17.3. The first-order valence-corrected chi connectivity index (χ1v) is 10.7. The summed E-state index contributed by atoms with van der Waals surface area (Å²) < 4.78 is 11.3. The Morgan fingerprint density at radius 2 is 1.77 bits per heavy atom. The van der Waals surface area contributed by atoms with Gasteiger partial charge in [-0.25, -0.2) is 0 Å². The molecule has 1 aromatic heterocycles. The van der Waals surface area contributed by atoms with Gasteiger partial charge in [0.15, 0.2) is 6.61 Å². The molecule has 1 aliphatic heterocycles. The Morgan fingerprint density at radius 1 is 0.968 bits per heavy atom. The van der Waals surface area contributed by atoms with E-state index in [0.29, 0.717) is 11.7 Å². The van der Waals surface area contributed by atoms with Gasteiger partial charge in [-0.05, 0) is 37.4 Å². The van der Waals surface area contributed by atoms with Crippen molar-refractivity contribution < 1.29 is 9.26 Å². The maximum Gasteiger partial charge on any atom is 0.264 e. The van der Waals surface area contributed by atoms with Crippen LogP contribution in [0.2, 0.25) is 5.02 Å². The number of anilines is 1. The van der Waals surface area contributed by atoms with E-state index in [9.17, 15) is 0 Å². The quantitative estimate of drug-likeness (QED) is 0.446. The summed E-state index contributed by atoms with van der Waals surface area (Å²) in [6.45, 7) is 4.27. The fourth-order valence-corrected chi connectivity index (χ4v) is 4.08. The topological polar surface area (TPSA) is 54.6 Å². The maximum atomic E-state index is 6.48. The van der Waals surface area contributed by atoms with Crippen LogP contribution in [0.15, 0.2) is 65.2 Å². The number of ether oxygens (including phenoxy) is 1. The highest BCUT2D eigenvalue weighted by atomic mass is 35.5. The van der Waals surface area contributed by atoms with E-state index in [1.54, 1.807) is 0 Å². The molecular formula is C24H23ClN4O2. The molecule has 1 saturated heterocycles. The Bertz CT molecular complexity index is 1190. The minimum atomic E-state index is 0.204. The van der Waals surface area contributed by atoms with Crippen molar-refractivity contribution in [1.29, 1.82) is 0 Å². The van der Waals surface area contributed by atoms with E-state index >= 15 is 0 Å². The van der Waals surface area contributed by atoms with Crippen LogP contribution in [0.5, 0.6) is 5.75 Å². The highest BCUT2D eigenvalue weighted by molar-refractivity contribution is 6.36. The molecule has 0 amide bonds. The normalized spacial score (nSPS) is 14.8. The summed E-state index contributed by atoms with van der Waals surface area (Å²) in [6.07, 6.45) is 0. The first kappa shape index (κ1) is 19.8. The van der Waals surface area contributed by atoms with E-state index < -0.39 is 0 Å². The molecule has 2 heterocycles. The van der Waals surface area contributed by atoms with Crippen LogP contribution in [0, 0.1) is 0 Å². The van der Waals surface area contributed by atoms with Gasteiger partial charge >= 0.3 is 0 Å². The van der Waals surface area contributed by atoms with E-state index in [1.165, 1.54) is 5.69 Å². The average molecular weight is 435 g/mol. The number of benzene rings is 3. The number of halogens is 1. The molecule has 6 nitrogen and oxygen atoms in total. The largest absolute Gasteiger partial charge is 0.484 e. The van der Waals surface area contributed by atoms with E-state index in [1.807, 2.05) is 54.6 Å². The predicted molar refractivity (Wildman–Crippen MR) is 123 cm³/mol. The number of hydrogen-bond donors (Lipinski definition) is 0. The summed E-state index contributed by atoms with van der Waals surface area (Å²) in [7, 11) is 2.16. The zero-order valence-corrected chi connectivity index (χ0v) is 18.0. The van der Waals surface area contributed by atoms with Gasteiger partial charge in [-0.15, -0.1) is 0 Å². The van der Waals surface area contributed by atoms with E-state index in [-0.39, 0.29) is 6.61 Å². The summed E-state index contributed by atoms with van der Waals surface area (Å²) in [5.74, 6) is 1.73. The lowest BCUT2D eigenvalue weighted by atomic mass is 10.1. The highest BCUT2D eigenvalue weighted by Crippen LogP contribution is 2.35. The Balaban J connectivity index is 1.37. The Kier molecular flexibility index (Phi) is 5.49. The van der Waals surface area contributed by atoms with Crippen LogP contribution in [-0.4, -0.2) is 48.3 Å². The second kappa shape index (κ2) is 8.57. The first-order valence-electron chi connectivity index (χ1n) is 10.3. The monoisotopic (exact) mass is 434 g/mol. The molecule has 0 bridgehead atoms. The van der Waals surface area contributed by atoms with Crippen molar-refractivity contribution in [2.75, 3.05) is 38.1 Å². The van der Waals surface area contributed by atoms with Crippen molar-refractivity contribution >= 4 is 28.1 Å². The van der Waals surface area contributed by atoms with Crippen LogP contribution in [0.1, 0.15) is 5.89 Å². The number of hydrogen-bond acceptors (Lipinski definition) is 6. The molecule has 0 N–H and O–H groups in total. The summed E-state index contributed by atoms with van der Waals surface area (Å²) in [5, 5.41) is 6.90. The fourth-order valence-electron chi connectivity index (χ4n) is 3.85. The molecule has 4 aromatic rings. The van der Waals surface area contributed by atoms with Crippen molar-refractivity contribution in [2.24, 2.45) is 0 Å². The summed E-state index contributed by atoms with van der Waals surface area (Å²) in [6, 6.07) is 19.8. The van der Waals surface area contributed by atoms with Gasteiger partial charge in [0.2, 0.25) is 5.82 Å². The lowest BCUT2D eigenvalue weighted by molar-refractivity contribution is 0.243. The molecule has 5 rings (SSSR count). The minimum absolute atomic E-state index is 0.204. The van der Waals surface area contributed by atoms with E-state index in [4.69, 9.17) is 20.9 Å². The molecule has 0 radical (unpaired) electrons. The molecule has 0 saturated carbocycles. The van der Waals surface area contributed by atoms with E-state index in [0.717, 1.165) is 53.3 Å². The van der Waals surface area contributed by atoms with Gasteiger partial charge in [-0.2, -0.15) is 4.98 Å². The molecular weight excluding hydrogens is 412 g/mol. The SMILES string of the molecule is CN1CCN(c2ccc(Cl)c3ccc(OCc4nc(-c5ccccc5)no4)cc23)CC1. The smallest absolute Gasteiger partial charge is 0.264 e. The molecule has 31 heavy (non-hydrogen) atoms. The summed E-state index contributed by atoms with van der Waals surface area (Å²) in [5.41, 5.74) is 2.09. The molecule has 3 aromatic carbocycles. The van der Waals surface area contributed by atoms with Gasteiger partial charge in [0.1, 0.15) is 5.75 Å². The molecule has 1 fully saturated rings. The number of fused-ring (bicyclic) bond motifs is 1. The van der Waals surface area contributed by atoms with Gasteiger partial charge in [-0.1, -0.05) is 47.1 Å². The Morgan fingerprint density at radius 3 is 2.58 bits per heavy atom. The zero-order chi connectivity index (χ0) is 21.2. The molecule has 0 unspecified atom stereocenters. The van der Waals surface area contributed by atoms with Crippen LogP contribution >= 0.6 is 11.6 Å². The summed E-state index contributed by atoms with van der Waals surface area (Å²) in [4.78, 5) is 9.19. The Labute approximate surface area is 186 Å². The number of rotatable bonds is 5. The van der Waals surface area contributed by atoms with Gasteiger partial charge in [0, 0.05) is 53.2 Å². The molecule has 0 spiro atoms. The number of aromatic nitrogens is 2. The molecule has 0 aliphatic carbocycles. The third-order valence-corrected chi connectivity index (χ3v) is 5.95. The van der Waals surface area contributed by atoms with Crippen LogP contribution in [0.25, 0.3) is 22.2 Å². The van der Waals surface area contributed by atoms with Crippen LogP contribution in [0.4, 0.5) is 5.69 Å². The predicted octanol–water partition coefficient (Wildman–Crippen LogP) is 4.87. The van der Waals surface area contributed by atoms with Crippen molar-refractivity contribution in [3.8, 4) is 17.1 Å². The lowest BCUT2D eigenvalue weighted by Gasteiger charge is -2.34. The van der Waals surface area contributed by atoms with Crippen LogP contribution in [0.3, 0.4) is 0 Å². The summed E-state index contributed by atoms with van der Waals surface area (Å²) >= 11 is 6.48. The van der Waals surface area contributed by atoms with E-state index in [2.05, 4.69) is 33.1 Å². The van der Waals surface area contributed by atoms with Crippen LogP contribution in [-0.2, 0) is 6.61 Å². The number of piperazine rings is 1. The second-order valence-electron chi connectivity index (χ2n) is 7.73.